The summed E-state index contributed by atoms with van der Waals surface area (Å²) in [6.07, 6.45) is 0.658. The molecule has 102 valence electrons. The van der Waals surface area contributed by atoms with Crippen molar-refractivity contribution < 1.29 is 14.0 Å². The highest BCUT2D eigenvalue weighted by atomic mass is 19.1. The molecule has 0 aromatic heterocycles. The van der Waals surface area contributed by atoms with E-state index < -0.39 is 11.9 Å². The predicted molar refractivity (Wildman–Crippen MR) is 70.3 cm³/mol. The van der Waals surface area contributed by atoms with Crippen LogP contribution in [0.5, 0.6) is 0 Å². The van der Waals surface area contributed by atoms with E-state index in [4.69, 9.17) is 0 Å². The van der Waals surface area contributed by atoms with Crippen LogP contribution in [0.4, 0.5) is 10.1 Å². The highest BCUT2D eigenvalue weighted by molar-refractivity contribution is 6.01. The molecule has 0 saturated carbocycles. The smallest absolute Gasteiger partial charge is 0.249 e. The summed E-state index contributed by atoms with van der Waals surface area (Å²) in [6, 6.07) is 4.38. The molecule has 1 saturated heterocycles. The minimum absolute atomic E-state index is 0.249. The van der Waals surface area contributed by atoms with Crippen molar-refractivity contribution >= 4 is 17.5 Å². The fraction of sp³-hybridized carbons (Fsp3) is 0.429. The predicted octanol–water partition coefficient (Wildman–Crippen LogP) is 2.17. The molecule has 1 fully saturated rings. The number of imide groups is 1. The Balaban J connectivity index is 2.11. The number of anilines is 1. The van der Waals surface area contributed by atoms with Crippen molar-refractivity contribution in [2.45, 2.75) is 38.6 Å². The molecule has 1 aromatic carbocycles. The fourth-order valence-corrected chi connectivity index (χ4v) is 2.03. The van der Waals surface area contributed by atoms with Crippen LogP contribution in [0.1, 0.15) is 38.2 Å². The Bertz CT molecular complexity index is 514. The maximum Gasteiger partial charge on any atom is 0.249 e. The minimum Gasteiger partial charge on any atom is -0.371 e. The van der Waals surface area contributed by atoms with Gasteiger partial charge in [-0.2, -0.15) is 0 Å². The highest BCUT2D eigenvalue weighted by Gasteiger charge is 2.26. The number of rotatable bonds is 3. The summed E-state index contributed by atoms with van der Waals surface area (Å²) >= 11 is 0. The van der Waals surface area contributed by atoms with E-state index in [1.807, 2.05) is 19.9 Å². The topological polar surface area (TPSA) is 58.2 Å². The first-order valence-corrected chi connectivity index (χ1v) is 6.37. The number of halogens is 1. The van der Waals surface area contributed by atoms with E-state index in [1.165, 1.54) is 6.07 Å². The van der Waals surface area contributed by atoms with E-state index in [0.717, 1.165) is 5.56 Å². The zero-order valence-corrected chi connectivity index (χ0v) is 11.0. The van der Waals surface area contributed by atoms with Crippen LogP contribution in [-0.2, 0) is 9.59 Å². The minimum atomic E-state index is -0.558. The zero-order chi connectivity index (χ0) is 14.0. The van der Waals surface area contributed by atoms with Gasteiger partial charge in [-0.1, -0.05) is 19.9 Å². The van der Waals surface area contributed by atoms with Gasteiger partial charge in [0.05, 0.1) is 5.69 Å². The van der Waals surface area contributed by atoms with Gasteiger partial charge in [-0.05, 0) is 30.0 Å². The fourth-order valence-electron chi connectivity index (χ4n) is 2.03. The Morgan fingerprint density at radius 3 is 2.68 bits per heavy atom. The van der Waals surface area contributed by atoms with Crippen LogP contribution < -0.4 is 10.6 Å². The average molecular weight is 264 g/mol. The second-order valence-electron chi connectivity index (χ2n) is 5.04. The van der Waals surface area contributed by atoms with Crippen molar-refractivity contribution in [2.24, 2.45) is 0 Å². The molecule has 2 amide bonds. The van der Waals surface area contributed by atoms with Crippen LogP contribution in [0.2, 0.25) is 0 Å². The molecule has 19 heavy (non-hydrogen) atoms. The van der Waals surface area contributed by atoms with Crippen LogP contribution in [-0.4, -0.2) is 17.9 Å². The number of hydrogen-bond donors (Lipinski definition) is 2. The first-order valence-electron chi connectivity index (χ1n) is 6.37. The molecule has 0 radical (unpaired) electrons. The lowest BCUT2D eigenvalue weighted by Crippen LogP contribution is -2.47. The molecule has 1 aromatic rings. The molecule has 4 nitrogen and oxygen atoms in total. The van der Waals surface area contributed by atoms with E-state index >= 15 is 0 Å². The van der Waals surface area contributed by atoms with Gasteiger partial charge in [0.15, 0.2) is 0 Å². The molecule has 0 aliphatic carbocycles. The van der Waals surface area contributed by atoms with Gasteiger partial charge in [-0.15, -0.1) is 0 Å². The molecule has 0 unspecified atom stereocenters. The largest absolute Gasteiger partial charge is 0.371 e. The number of carbonyl (C=O) groups excluding carboxylic acids is 2. The van der Waals surface area contributed by atoms with E-state index in [1.54, 1.807) is 6.07 Å². The molecule has 0 spiro atoms. The van der Waals surface area contributed by atoms with Crippen molar-refractivity contribution in [3.8, 4) is 0 Å². The summed E-state index contributed by atoms with van der Waals surface area (Å²) in [7, 11) is 0. The normalized spacial score (nSPS) is 19.5. The molecule has 2 rings (SSSR count). The summed E-state index contributed by atoms with van der Waals surface area (Å²) in [5.74, 6) is -0.808. The third-order valence-corrected chi connectivity index (χ3v) is 3.23. The first-order chi connectivity index (χ1) is 8.97. The molecule has 1 heterocycles. The Labute approximate surface area is 111 Å². The van der Waals surface area contributed by atoms with E-state index in [0.29, 0.717) is 12.1 Å². The van der Waals surface area contributed by atoms with E-state index in [-0.39, 0.29) is 24.1 Å². The molecule has 2 N–H and O–H groups in total. The maximum atomic E-state index is 13.9. The summed E-state index contributed by atoms with van der Waals surface area (Å²) in [5, 5.41) is 5.08. The number of benzene rings is 1. The lowest BCUT2D eigenvalue weighted by molar-refractivity contribution is -0.133. The van der Waals surface area contributed by atoms with E-state index in [9.17, 15) is 14.0 Å². The van der Waals surface area contributed by atoms with Crippen LogP contribution >= 0.6 is 0 Å². The van der Waals surface area contributed by atoms with Gasteiger partial charge in [-0.25, -0.2) is 4.39 Å². The van der Waals surface area contributed by atoms with Crippen LogP contribution in [0, 0.1) is 5.82 Å². The number of amides is 2. The summed E-state index contributed by atoms with van der Waals surface area (Å²) < 4.78 is 13.9. The quantitative estimate of drug-likeness (QED) is 0.823. The maximum absolute atomic E-state index is 13.9. The van der Waals surface area contributed by atoms with Gasteiger partial charge >= 0.3 is 0 Å². The van der Waals surface area contributed by atoms with Gasteiger partial charge in [0.25, 0.3) is 0 Å². The van der Waals surface area contributed by atoms with Crippen LogP contribution in [0.3, 0.4) is 0 Å². The van der Waals surface area contributed by atoms with Crippen molar-refractivity contribution in [2.75, 3.05) is 5.32 Å². The van der Waals surface area contributed by atoms with Gasteiger partial charge in [0.2, 0.25) is 11.8 Å². The van der Waals surface area contributed by atoms with Crippen molar-refractivity contribution in [3.63, 3.8) is 0 Å². The summed E-state index contributed by atoms with van der Waals surface area (Å²) in [6.45, 7) is 3.98. The third kappa shape index (κ3) is 3.10. The number of carbonyl (C=O) groups is 2. The molecule has 5 heteroatoms. The van der Waals surface area contributed by atoms with Crippen molar-refractivity contribution in [3.05, 3.63) is 29.6 Å². The van der Waals surface area contributed by atoms with Gasteiger partial charge < -0.3 is 5.32 Å². The summed E-state index contributed by atoms with van der Waals surface area (Å²) in [5.41, 5.74) is 1.20. The standard InChI is InChI=1S/C14H17FN2O2/c1-8(2)9-3-4-11(10(15)7-9)16-12-5-6-13(18)17-14(12)19/h3-4,7-8,12,16H,5-6H2,1-2H3,(H,17,18,19)/t12-/m1/s1. The second-order valence-corrected chi connectivity index (χ2v) is 5.04. The van der Waals surface area contributed by atoms with Crippen molar-refractivity contribution in [1.29, 1.82) is 0 Å². The Kier molecular flexibility index (Phi) is 3.83. The third-order valence-electron chi connectivity index (χ3n) is 3.23. The van der Waals surface area contributed by atoms with Gasteiger partial charge in [-0.3, -0.25) is 14.9 Å². The van der Waals surface area contributed by atoms with E-state index in [2.05, 4.69) is 10.6 Å². The van der Waals surface area contributed by atoms with Gasteiger partial charge in [0, 0.05) is 6.42 Å². The van der Waals surface area contributed by atoms with Gasteiger partial charge in [0.1, 0.15) is 11.9 Å². The van der Waals surface area contributed by atoms with Crippen molar-refractivity contribution in [1.82, 2.24) is 5.32 Å². The molecular weight excluding hydrogens is 247 g/mol. The monoisotopic (exact) mass is 264 g/mol. The second kappa shape index (κ2) is 5.38. The molecule has 1 aliphatic rings. The highest BCUT2D eigenvalue weighted by Crippen LogP contribution is 2.22. The SMILES string of the molecule is CC(C)c1ccc(N[C@@H]2CCC(=O)NC2=O)c(F)c1. The summed E-state index contributed by atoms with van der Waals surface area (Å²) in [4.78, 5) is 22.6. The molecule has 1 aliphatic heterocycles. The Morgan fingerprint density at radius 2 is 2.11 bits per heavy atom. The molecular formula is C14H17FN2O2. The molecule has 0 bridgehead atoms. The lowest BCUT2D eigenvalue weighted by Gasteiger charge is -2.23. The molecule has 1 atom stereocenters. The zero-order valence-electron chi connectivity index (χ0n) is 11.0. The Hall–Kier alpha value is -1.91. The Morgan fingerprint density at radius 1 is 1.37 bits per heavy atom. The van der Waals surface area contributed by atoms with Crippen LogP contribution in [0.25, 0.3) is 0 Å². The average Bonchev–Trinajstić information content (AvgIpc) is 2.34. The number of hydrogen-bond acceptors (Lipinski definition) is 3. The lowest BCUT2D eigenvalue weighted by atomic mass is 10.0. The first kappa shape index (κ1) is 13.5. The van der Waals surface area contributed by atoms with Crippen LogP contribution in [0.15, 0.2) is 18.2 Å². The number of piperidine rings is 1. The number of nitrogens with one attached hydrogen (secondary N) is 2.